The third-order valence-corrected chi connectivity index (χ3v) is 3.50. The lowest BCUT2D eigenvalue weighted by atomic mass is 9.91. The number of rotatable bonds is 3. The summed E-state index contributed by atoms with van der Waals surface area (Å²) < 4.78 is 5.50. The first-order valence-electron chi connectivity index (χ1n) is 6.06. The van der Waals surface area contributed by atoms with Crippen molar-refractivity contribution in [2.75, 3.05) is 26.7 Å². The summed E-state index contributed by atoms with van der Waals surface area (Å²) in [6.45, 7) is 4.97. The summed E-state index contributed by atoms with van der Waals surface area (Å²) in [6.07, 6.45) is 3.22. The largest absolute Gasteiger partial charge is 0.361 e. The molecule has 0 atom stereocenters. The fourth-order valence-corrected chi connectivity index (χ4v) is 2.45. The molecule has 0 aromatic carbocycles. The van der Waals surface area contributed by atoms with E-state index in [-0.39, 0.29) is 0 Å². The van der Waals surface area contributed by atoms with Gasteiger partial charge < -0.3 is 15.2 Å². The monoisotopic (exact) mass is 223 g/mol. The molecule has 0 spiro atoms. The molecule has 1 aliphatic heterocycles. The molecular weight excluding hydrogens is 202 g/mol. The van der Waals surface area contributed by atoms with Gasteiger partial charge in [-0.3, -0.25) is 0 Å². The Morgan fingerprint density at radius 1 is 1.44 bits per heavy atom. The molecule has 0 unspecified atom stereocenters. The minimum Gasteiger partial charge on any atom is -0.361 e. The molecule has 4 heteroatoms. The summed E-state index contributed by atoms with van der Waals surface area (Å²) in [4.78, 5) is 2.36. The maximum absolute atomic E-state index is 5.63. The zero-order valence-electron chi connectivity index (χ0n) is 10.2. The van der Waals surface area contributed by atoms with Crippen molar-refractivity contribution in [2.45, 2.75) is 32.1 Å². The van der Waals surface area contributed by atoms with Crippen LogP contribution in [0.15, 0.2) is 4.52 Å². The lowest BCUT2D eigenvalue weighted by Crippen LogP contribution is -2.29. The highest BCUT2D eigenvalue weighted by Gasteiger charge is 2.25. The van der Waals surface area contributed by atoms with Gasteiger partial charge in [0.05, 0.1) is 5.69 Å². The topological polar surface area (TPSA) is 55.3 Å². The number of piperidine rings is 1. The number of aryl methyl sites for hydroxylation is 1. The van der Waals surface area contributed by atoms with E-state index in [9.17, 15) is 0 Å². The number of nitrogens with two attached hydrogens (primary N) is 1. The van der Waals surface area contributed by atoms with E-state index in [0.717, 1.165) is 31.0 Å². The average Bonchev–Trinajstić information content (AvgIpc) is 2.63. The fourth-order valence-electron chi connectivity index (χ4n) is 2.45. The molecule has 0 saturated carbocycles. The number of hydrogen-bond acceptors (Lipinski definition) is 4. The van der Waals surface area contributed by atoms with Crippen LogP contribution >= 0.6 is 0 Å². The minimum atomic E-state index is 0.541. The Bertz CT molecular complexity index is 340. The van der Waals surface area contributed by atoms with Crippen molar-refractivity contribution in [1.29, 1.82) is 0 Å². The molecule has 16 heavy (non-hydrogen) atoms. The van der Waals surface area contributed by atoms with Crippen LogP contribution in [0.3, 0.4) is 0 Å². The Morgan fingerprint density at radius 2 is 2.12 bits per heavy atom. The number of hydrogen-bond donors (Lipinski definition) is 1. The molecule has 0 radical (unpaired) electrons. The number of likely N-dealkylation sites (tertiary alicyclic amines) is 1. The van der Waals surface area contributed by atoms with Crippen molar-refractivity contribution in [2.24, 2.45) is 5.73 Å². The molecule has 2 N–H and O–H groups in total. The zero-order chi connectivity index (χ0) is 11.5. The zero-order valence-corrected chi connectivity index (χ0v) is 10.2. The highest BCUT2D eigenvalue weighted by Crippen LogP contribution is 2.31. The highest BCUT2D eigenvalue weighted by atomic mass is 16.5. The quantitative estimate of drug-likeness (QED) is 0.839. The van der Waals surface area contributed by atoms with Crippen molar-refractivity contribution in [1.82, 2.24) is 10.1 Å². The van der Waals surface area contributed by atoms with Gasteiger partial charge in [-0.2, -0.15) is 0 Å². The van der Waals surface area contributed by atoms with E-state index in [4.69, 9.17) is 10.3 Å². The Kier molecular flexibility index (Phi) is 3.61. The van der Waals surface area contributed by atoms with Crippen molar-refractivity contribution in [3.63, 3.8) is 0 Å². The van der Waals surface area contributed by atoms with Crippen molar-refractivity contribution in [3.05, 3.63) is 17.0 Å². The van der Waals surface area contributed by atoms with Gasteiger partial charge in [0.1, 0.15) is 5.76 Å². The van der Waals surface area contributed by atoms with Gasteiger partial charge >= 0.3 is 0 Å². The fraction of sp³-hybridized carbons (Fsp3) is 0.750. The van der Waals surface area contributed by atoms with Gasteiger partial charge in [-0.25, -0.2) is 0 Å². The van der Waals surface area contributed by atoms with Crippen LogP contribution in [0.25, 0.3) is 0 Å². The van der Waals surface area contributed by atoms with Crippen LogP contribution < -0.4 is 5.73 Å². The second kappa shape index (κ2) is 4.97. The first-order valence-corrected chi connectivity index (χ1v) is 6.06. The van der Waals surface area contributed by atoms with Crippen LogP contribution in [0.4, 0.5) is 0 Å². The molecule has 0 amide bonds. The Balaban J connectivity index is 2.13. The van der Waals surface area contributed by atoms with Crippen molar-refractivity contribution < 1.29 is 4.52 Å². The SMILES string of the molecule is Cc1noc(C2CCN(C)CC2)c1CCN. The van der Waals surface area contributed by atoms with E-state index in [1.807, 2.05) is 6.92 Å². The second-order valence-corrected chi connectivity index (χ2v) is 4.73. The molecule has 1 saturated heterocycles. The molecule has 1 aliphatic rings. The number of aromatic nitrogens is 1. The molecule has 1 aromatic heterocycles. The van der Waals surface area contributed by atoms with E-state index in [1.54, 1.807) is 0 Å². The standard InChI is InChI=1S/C12H21N3O/c1-9-11(3-6-13)12(16-14-9)10-4-7-15(2)8-5-10/h10H,3-8,13H2,1-2H3. The third-order valence-electron chi connectivity index (χ3n) is 3.50. The summed E-state index contributed by atoms with van der Waals surface area (Å²) in [7, 11) is 2.17. The second-order valence-electron chi connectivity index (χ2n) is 4.73. The molecule has 2 rings (SSSR count). The Morgan fingerprint density at radius 3 is 2.75 bits per heavy atom. The molecule has 2 heterocycles. The van der Waals surface area contributed by atoms with E-state index < -0.39 is 0 Å². The smallest absolute Gasteiger partial charge is 0.143 e. The van der Waals surface area contributed by atoms with Gasteiger partial charge in [0, 0.05) is 11.5 Å². The van der Waals surface area contributed by atoms with Crippen molar-refractivity contribution in [3.8, 4) is 0 Å². The van der Waals surface area contributed by atoms with Crippen LogP contribution in [0, 0.1) is 6.92 Å². The Labute approximate surface area is 96.8 Å². The van der Waals surface area contributed by atoms with Gasteiger partial charge in [-0.1, -0.05) is 5.16 Å². The van der Waals surface area contributed by atoms with E-state index in [1.165, 1.54) is 18.4 Å². The lowest BCUT2D eigenvalue weighted by Gasteiger charge is -2.27. The summed E-state index contributed by atoms with van der Waals surface area (Å²) in [5, 5.41) is 4.09. The molecule has 90 valence electrons. The first kappa shape index (κ1) is 11.6. The van der Waals surface area contributed by atoms with Crippen LogP contribution in [0.2, 0.25) is 0 Å². The maximum Gasteiger partial charge on any atom is 0.143 e. The molecule has 0 aliphatic carbocycles. The molecule has 1 aromatic rings. The average molecular weight is 223 g/mol. The maximum atomic E-state index is 5.63. The summed E-state index contributed by atoms with van der Waals surface area (Å²) in [6, 6.07) is 0. The van der Waals surface area contributed by atoms with E-state index >= 15 is 0 Å². The van der Waals surface area contributed by atoms with Gasteiger partial charge in [0.25, 0.3) is 0 Å². The van der Waals surface area contributed by atoms with Gasteiger partial charge in [-0.15, -0.1) is 0 Å². The Hall–Kier alpha value is -0.870. The minimum absolute atomic E-state index is 0.541. The summed E-state index contributed by atoms with van der Waals surface area (Å²) in [5.74, 6) is 1.63. The van der Waals surface area contributed by atoms with Crippen LogP contribution in [-0.4, -0.2) is 36.7 Å². The predicted molar refractivity (Wildman–Crippen MR) is 63.5 cm³/mol. The highest BCUT2D eigenvalue weighted by molar-refractivity contribution is 5.25. The number of nitrogens with zero attached hydrogens (tertiary/aromatic N) is 2. The summed E-state index contributed by atoms with van der Waals surface area (Å²) >= 11 is 0. The van der Waals surface area contributed by atoms with Crippen LogP contribution in [0.5, 0.6) is 0 Å². The first-order chi connectivity index (χ1) is 7.72. The van der Waals surface area contributed by atoms with Crippen LogP contribution in [0.1, 0.15) is 35.8 Å². The summed E-state index contributed by atoms with van der Waals surface area (Å²) in [5.41, 5.74) is 7.89. The normalized spacial score (nSPS) is 19.2. The van der Waals surface area contributed by atoms with Gasteiger partial charge in [0.15, 0.2) is 0 Å². The molecule has 1 fully saturated rings. The van der Waals surface area contributed by atoms with Crippen molar-refractivity contribution >= 4 is 0 Å². The van der Waals surface area contributed by atoms with Crippen LogP contribution in [-0.2, 0) is 6.42 Å². The molecule has 4 nitrogen and oxygen atoms in total. The molecule has 0 bridgehead atoms. The van der Waals surface area contributed by atoms with E-state index in [0.29, 0.717) is 12.5 Å². The van der Waals surface area contributed by atoms with Gasteiger partial charge in [-0.05, 0) is 52.9 Å². The predicted octanol–water partition coefficient (Wildman–Crippen LogP) is 1.29. The lowest BCUT2D eigenvalue weighted by molar-refractivity contribution is 0.230. The molecular formula is C12H21N3O. The van der Waals surface area contributed by atoms with Gasteiger partial charge in [0.2, 0.25) is 0 Å². The van der Waals surface area contributed by atoms with E-state index in [2.05, 4.69) is 17.1 Å². The third kappa shape index (κ3) is 2.28.